The molecule has 0 saturated heterocycles. The third-order valence-corrected chi connectivity index (χ3v) is 2.56. The molecule has 1 unspecified atom stereocenters. The molecular formula is C14H25N3O2. The average molecular weight is 267 g/mol. The first kappa shape index (κ1) is 15.7. The topological polar surface area (TPSA) is 56.3 Å². The Hall–Kier alpha value is -1.36. The van der Waals surface area contributed by atoms with Crippen LogP contribution in [0.3, 0.4) is 0 Å². The van der Waals surface area contributed by atoms with Crippen molar-refractivity contribution in [1.29, 1.82) is 0 Å². The van der Waals surface area contributed by atoms with E-state index in [0.717, 1.165) is 25.2 Å². The van der Waals surface area contributed by atoms with E-state index in [1.54, 1.807) is 0 Å². The summed E-state index contributed by atoms with van der Waals surface area (Å²) < 4.78 is 11.2. The van der Waals surface area contributed by atoms with Gasteiger partial charge in [0.15, 0.2) is 5.82 Å². The molecule has 0 bridgehead atoms. The van der Waals surface area contributed by atoms with E-state index >= 15 is 0 Å². The second kappa shape index (κ2) is 8.69. The molecule has 19 heavy (non-hydrogen) atoms. The molecule has 1 aromatic rings. The van der Waals surface area contributed by atoms with Crippen molar-refractivity contribution in [2.45, 2.75) is 53.2 Å². The summed E-state index contributed by atoms with van der Waals surface area (Å²) in [4.78, 5) is 8.76. The van der Waals surface area contributed by atoms with Crippen LogP contribution in [0.25, 0.3) is 0 Å². The average Bonchev–Trinajstić information content (AvgIpc) is 2.36. The molecule has 0 aliphatic rings. The number of hydrogen-bond acceptors (Lipinski definition) is 5. The smallest absolute Gasteiger partial charge is 0.219 e. The molecule has 0 aromatic carbocycles. The zero-order valence-electron chi connectivity index (χ0n) is 12.4. The quantitative estimate of drug-likeness (QED) is 0.745. The first-order valence-corrected chi connectivity index (χ1v) is 7.05. The summed E-state index contributed by atoms with van der Waals surface area (Å²) in [5.41, 5.74) is 0. The van der Waals surface area contributed by atoms with Gasteiger partial charge in [-0.3, -0.25) is 0 Å². The lowest BCUT2D eigenvalue weighted by molar-refractivity contribution is 0.126. The highest BCUT2D eigenvalue weighted by molar-refractivity contribution is 5.38. The number of hydrogen-bond donors (Lipinski definition) is 1. The number of aromatic nitrogens is 2. The third-order valence-electron chi connectivity index (χ3n) is 2.56. The van der Waals surface area contributed by atoms with E-state index in [9.17, 15) is 0 Å². The van der Waals surface area contributed by atoms with E-state index in [4.69, 9.17) is 9.47 Å². The van der Waals surface area contributed by atoms with Gasteiger partial charge in [0, 0.05) is 19.2 Å². The molecule has 5 heteroatoms. The Labute approximate surface area is 115 Å². The van der Waals surface area contributed by atoms with Crippen LogP contribution in [0.1, 0.15) is 46.4 Å². The molecule has 1 heterocycles. The molecule has 0 radical (unpaired) electrons. The Morgan fingerprint density at radius 1 is 1.26 bits per heavy atom. The predicted molar refractivity (Wildman–Crippen MR) is 76.5 cm³/mol. The van der Waals surface area contributed by atoms with Crippen molar-refractivity contribution in [2.75, 3.05) is 18.5 Å². The van der Waals surface area contributed by atoms with Crippen molar-refractivity contribution in [3.8, 4) is 5.88 Å². The van der Waals surface area contributed by atoms with Crippen LogP contribution in [-0.2, 0) is 11.3 Å². The van der Waals surface area contributed by atoms with Crippen molar-refractivity contribution < 1.29 is 9.47 Å². The number of nitrogens with one attached hydrogen (secondary N) is 1. The second-order valence-corrected chi connectivity index (χ2v) is 4.39. The van der Waals surface area contributed by atoms with E-state index in [-0.39, 0.29) is 6.10 Å². The highest BCUT2D eigenvalue weighted by atomic mass is 16.5. The fourth-order valence-electron chi connectivity index (χ4n) is 1.73. The molecule has 1 rings (SSSR count). The molecular weight excluding hydrogens is 242 g/mol. The van der Waals surface area contributed by atoms with Crippen molar-refractivity contribution in [2.24, 2.45) is 0 Å². The van der Waals surface area contributed by atoms with E-state index in [1.165, 1.54) is 0 Å². The van der Waals surface area contributed by atoms with Gasteiger partial charge in [0.25, 0.3) is 0 Å². The van der Waals surface area contributed by atoms with Gasteiger partial charge in [0.1, 0.15) is 12.4 Å². The zero-order valence-corrected chi connectivity index (χ0v) is 12.4. The van der Waals surface area contributed by atoms with Crippen LogP contribution in [0.5, 0.6) is 5.88 Å². The minimum Gasteiger partial charge on any atom is -0.475 e. The van der Waals surface area contributed by atoms with Gasteiger partial charge in [0.05, 0.1) is 6.10 Å². The van der Waals surface area contributed by atoms with E-state index < -0.39 is 0 Å². The maximum atomic E-state index is 5.82. The monoisotopic (exact) mass is 267 g/mol. The normalized spacial score (nSPS) is 12.2. The first-order chi connectivity index (χ1) is 9.19. The van der Waals surface area contributed by atoms with E-state index in [2.05, 4.69) is 29.1 Å². The van der Waals surface area contributed by atoms with Gasteiger partial charge in [-0.05, 0) is 27.2 Å². The lowest BCUT2D eigenvalue weighted by Crippen LogP contribution is -2.14. The highest BCUT2D eigenvalue weighted by Gasteiger charge is 2.08. The summed E-state index contributed by atoms with van der Waals surface area (Å²) in [6.45, 7) is 10.1. The van der Waals surface area contributed by atoms with Gasteiger partial charge in [-0.2, -0.15) is 4.98 Å². The minimum atomic E-state index is 0.161. The van der Waals surface area contributed by atoms with Crippen LogP contribution in [0.2, 0.25) is 0 Å². The SMILES string of the molecule is CCCC(C)Oc1cc(NCC)nc(COCC)n1. The molecule has 0 aliphatic heterocycles. The Kier molecular flexibility index (Phi) is 7.18. The molecule has 0 amide bonds. The lowest BCUT2D eigenvalue weighted by atomic mass is 10.2. The largest absolute Gasteiger partial charge is 0.475 e. The van der Waals surface area contributed by atoms with E-state index in [0.29, 0.717) is 24.9 Å². The van der Waals surface area contributed by atoms with Gasteiger partial charge >= 0.3 is 0 Å². The molecule has 1 aromatic heterocycles. The summed E-state index contributed by atoms with van der Waals surface area (Å²) in [5, 5.41) is 3.18. The molecule has 5 nitrogen and oxygen atoms in total. The van der Waals surface area contributed by atoms with Crippen molar-refractivity contribution >= 4 is 5.82 Å². The fraction of sp³-hybridized carbons (Fsp3) is 0.714. The van der Waals surface area contributed by atoms with Crippen LogP contribution in [0.4, 0.5) is 5.82 Å². The molecule has 0 fully saturated rings. The maximum absolute atomic E-state index is 5.82. The van der Waals surface area contributed by atoms with Crippen LogP contribution in [0, 0.1) is 0 Å². The Morgan fingerprint density at radius 3 is 2.68 bits per heavy atom. The molecule has 1 N–H and O–H groups in total. The number of rotatable bonds is 9. The van der Waals surface area contributed by atoms with Crippen LogP contribution in [0.15, 0.2) is 6.07 Å². The van der Waals surface area contributed by atoms with E-state index in [1.807, 2.05) is 19.9 Å². The second-order valence-electron chi connectivity index (χ2n) is 4.39. The van der Waals surface area contributed by atoms with Gasteiger partial charge < -0.3 is 14.8 Å². The Balaban J connectivity index is 2.79. The predicted octanol–water partition coefficient (Wildman–Crippen LogP) is 3.01. The highest BCUT2D eigenvalue weighted by Crippen LogP contribution is 2.16. The van der Waals surface area contributed by atoms with Crippen molar-refractivity contribution in [3.05, 3.63) is 11.9 Å². The summed E-state index contributed by atoms with van der Waals surface area (Å²) in [6, 6.07) is 1.84. The molecule has 0 aliphatic carbocycles. The van der Waals surface area contributed by atoms with Gasteiger partial charge in [0.2, 0.25) is 5.88 Å². The fourth-order valence-corrected chi connectivity index (χ4v) is 1.73. The van der Waals surface area contributed by atoms with Crippen LogP contribution >= 0.6 is 0 Å². The number of anilines is 1. The van der Waals surface area contributed by atoms with Gasteiger partial charge in [-0.1, -0.05) is 13.3 Å². The molecule has 0 spiro atoms. The van der Waals surface area contributed by atoms with Gasteiger partial charge in [-0.15, -0.1) is 0 Å². The molecule has 1 atom stereocenters. The summed E-state index contributed by atoms with van der Waals surface area (Å²) in [5.74, 6) is 2.05. The first-order valence-electron chi connectivity index (χ1n) is 7.05. The van der Waals surface area contributed by atoms with Crippen molar-refractivity contribution in [1.82, 2.24) is 9.97 Å². The lowest BCUT2D eigenvalue weighted by Gasteiger charge is -2.14. The molecule has 0 saturated carbocycles. The molecule has 108 valence electrons. The summed E-state index contributed by atoms with van der Waals surface area (Å²) >= 11 is 0. The maximum Gasteiger partial charge on any atom is 0.219 e. The summed E-state index contributed by atoms with van der Waals surface area (Å²) in [6.07, 6.45) is 2.27. The standard InChI is InChI=1S/C14H25N3O2/c1-5-8-11(4)19-14-9-12(15-6-2)16-13(17-14)10-18-7-3/h9,11H,5-8,10H2,1-4H3,(H,15,16,17). The minimum absolute atomic E-state index is 0.161. The third kappa shape index (κ3) is 5.87. The number of nitrogens with zero attached hydrogens (tertiary/aromatic N) is 2. The van der Waals surface area contributed by atoms with Crippen LogP contribution < -0.4 is 10.1 Å². The zero-order chi connectivity index (χ0) is 14.1. The van der Waals surface area contributed by atoms with Crippen molar-refractivity contribution in [3.63, 3.8) is 0 Å². The van der Waals surface area contributed by atoms with Crippen LogP contribution in [-0.4, -0.2) is 29.2 Å². The summed E-state index contributed by atoms with van der Waals surface area (Å²) in [7, 11) is 0. The Morgan fingerprint density at radius 2 is 2.05 bits per heavy atom. The number of ether oxygens (including phenoxy) is 2. The Bertz CT molecular complexity index is 372. The van der Waals surface area contributed by atoms with Gasteiger partial charge in [-0.25, -0.2) is 4.98 Å².